The van der Waals surface area contributed by atoms with Crippen molar-refractivity contribution in [2.75, 3.05) is 6.61 Å². The Bertz CT molecular complexity index is 242. The van der Waals surface area contributed by atoms with Crippen LogP contribution in [0.1, 0.15) is 25.5 Å². The van der Waals surface area contributed by atoms with Gasteiger partial charge in [-0.1, -0.05) is 13.8 Å². The minimum absolute atomic E-state index is 0.0598. The molecular formula is C7H13N3O. The van der Waals surface area contributed by atoms with Crippen molar-refractivity contribution in [3.8, 4) is 0 Å². The molecule has 4 nitrogen and oxygen atoms in total. The second-order valence-electron chi connectivity index (χ2n) is 3.29. The standard InChI is InChI=1S/C7H13N3O/c1-5-8-6(10-9-5)7(2,3)4-11/h11H,4H2,1-3H3,(H,8,9,10). The first-order valence-electron chi connectivity index (χ1n) is 3.56. The highest BCUT2D eigenvalue weighted by Gasteiger charge is 2.23. The molecule has 1 heterocycles. The van der Waals surface area contributed by atoms with Crippen LogP contribution in [-0.4, -0.2) is 26.9 Å². The highest BCUT2D eigenvalue weighted by Crippen LogP contribution is 2.17. The van der Waals surface area contributed by atoms with Crippen LogP contribution in [0.3, 0.4) is 0 Å². The van der Waals surface area contributed by atoms with Gasteiger partial charge < -0.3 is 5.11 Å². The molecule has 0 aromatic carbocycles. The topological polar surface area (TPSA) is 61.8 Å². The number of aromatic amines is 1. The van der Waals surface area contributed by atoms with Gasteiger partial charge >= 0.3 is 0 Å². The fourth-order valence-electron chi connectivity index (χ4n) is 0.716. The molecule has 0 spiro atoms. The SMILES string of the molecule is Cc1nc(C(C)(C)CO)n[nH]1. The van der Waals surface area contributed by atoms with Gasteiger partial charge in [0.2, 0.25) is 0 Å². The zero-order valence-electron chi connectivity index (χ0n) is 7.05. The lowest BCUT2D eigenvalue weighted by atomic mass is 9.94. The molecule has 0 aliphatic heterocycles. The number of nitrogens with one attached hydrogen (secondary N) is 1. The summed E-state index contributed by atoms with van der Waals surface area (Å²) in [5, 5.41) is 15.7. The van der Waals surface area contributed by atoms with Crippen molar-refractivity contribution in [2.45, 2.75) is 26.2 Å². The first-order valence-corrected chi connectivity index (χ1v) is 3.56. The zero-order chi connectivity index (χ0) is 8.48. The molecule has 1 aromatic rings. The zero-order valence-corrected chi connectivity index (χ0v) is 7.05. The molecule has 0 saturated heterocycles. The monoisotopic (exact) mass is 155 g/mol. The summed E-state index contributed by atoms with van der Waals surface area (Å²) in [5.41, 5.74) is -0.342. The van der Waals surface area contributed by atoms with E-state index in [1.165, 1.54) is 0 Å². The third-order valence-corrected chi connectivity index (χ3v) is 1.60. The number of aryl methyl sites for hydroxylation is 1. The second-order valence-corrected chi connectivity index (χ2v) is 3.29. The number of rotatable bonds is 2. The smallest absolute Gasteiger partial charge is 0.158 e. The molecule has 2 N–H and O–H groups in total. The number of nitrogens with zero attached hydrogens (tertiary/aromatic N) is 2. The summed E-state index contributed by atoms with van der Waals surface area (Å²) >= 11 is 0. The van der Waals surface area contributed by atoms with E-state index in [0.29, 0.717) is 5.82 Å². The Labute approximate surface area is 65.7 Å². The maximum atomic E-state index is 8.96. The molecule has 0 fully saturated rings. The van der Waals surface area contributed by atoms with Gasteiger partial charge in [0, 0.05) is 5.41 Å². The van der Waals surface area contributed by atoms with Crippen LogP contribution in [-0.2, 0) is 5.41 Å². The summed E-state index contributed by atoms with van der Waals surface area (Å²) in [5.74, 6) is 1.44. The van der Waals surface area contributed by atoms with Crippen LogP contribution in [0.4, 0.5) is 0 Å². The van der Waals surface area contributed by atoms with Gasteiger partial charge in [-0.2, -0.15) is 5.10 Å². The number of aliphatic hydroxyl groups is 1. The lowest BCUT2D eigenvalue weighted by Crippen LogP contribution is -2.23. The third-order valence-electron chi connectivity index (χ3n) is 1.60. The molecule has 0 aliphatic rings. The van der Waals surface area contributed by atoms with Crippen molar-refractivity contribution < 1.29 is 5.11 Å². The Morgan fingerprint density at radius 2 is 2.18 bits per heavy atom. The number of aromatic nitrogens is 3. The predicted molar refractivity (Wildman–Crippen MR) is 41.2 cm³/mol. The van der Waals surface area contributed by atoms with Gasteiger partial charge in [-0.25, -0.2) is 4.98 Å². The quantitative estimate of drug-likeness (QED) is 0.649. The van der Waals surface area contributed by atoms with E-state index in [4.69, 9.17) is 5.11 Å². The van der Waals surface area contributed by atoms with E-state index in [1.807, 2.05) is 20.8 Å². The highest BCUT2D eigenvalue weighted by atomic mass is 16.3. The summed E-state index contributed by atoms with van der Waals surface area (Å²) in [7, 11) is 0. The molecule has 0 amide bonds. The fourth-order valence-corrected chi connectivity index (χ4v) is 0.716. The van der Waals surface area contributed by atoms with Crippen LogP contribution >= 0.6 is 0 Å². The van der Waals surface area contributed by atoms with Gasteiger partial charge in [0.05, 0.1) is 6.61 Å². The highest BCUT2D eigenvalue weighted by molar-refractivity contribution is 5.03. The summed E-state index contributed by atoms with van der Waals surface area (Å²) in [6.07, 6.45) is 0. The van der Waals surface area contributed by atoms with Crippen LogP contribution in [0.15, 0.2) is 0 Å². The van der Waals surface area contributed by atoms with Crippen LogP contribution in [0.2, 0.25) is 0 Å². The van der Waals surface area contributed by atoms with Crippen LogP contribution in [0.5, 0.6) is 0 Å². The van der Waals surface area contributed by atoms with Gasteiger partial charge in [0.1, 0.15) is 5.82 Å². The van der Waals surface area contributed by atoms with Crippen LogP contribution < -0.4 is 0 Å². The van der Waals surface area contributed by atoms with E-state index in [1.54, 1.807) is 0 Å². The summed E-state index contributed by atoms with van der Waals surface area (Å²) in [6, 6.07) is 0. The number of hydrogen-bond donors (Lipinski definition) is 2. The van der Waals surface area contributed by atoms with Gasteiger partial charge in [-0.3, -0.25) is 5.10 Å². The summed E-state index contributed by atoms with van der Waals surface area (Å²) < 4.78 is 0. The first kappa shape index (κ1) is 8.20. The first-order chi connectivity index (χ1) is 5.06. The summed E-state index contributed by atoms with van der Waals surface area (Å²) in [6.45, 7) is 5.69. The number of hydrogen-bond acceptors (Lipinski definition) is 3. The molecule has 0 unspecified atom stereocenters. The molecule has 0 radical (unpaired) electrons. The second kappa shape index (κ2) is 2.62. The van der Waals surface area contributed by atoms with Crippen molar-refractivity contribution in [3.05, 3.63) is 11.6 Å². The minimum atomic E-state index is -0.342. The predicted octanol–water partition coefficient (Wildman–Crippen LogP) is 0.383. The Morgan fingerprint density at radius 3 is 2.55 bits per heavy atom. The lowest BCUT2D eigenvalue weighted by molar-refractivity contribution is 0.212. The van der Waals surface area contributed by atoms with Crippen molar-refractivity contribution in [3.63, 3.8) is 0 Å². The Hall–Kier alpha value is -0.900. The lowest BCUT2D eigenvalue weighted by Gasteiger charge is -2.16. The molecule has 0 bridgehead atoms. The molecule has 62 valence electrons. The van der Waals surface area contributed by atoms with Crippen LogP contribution in [0, 0.1) is 6.92 Å². The Morgan fingerprint density at radius 1 is 1.55 bits per heavy atom. The summed E-state index contributed by atoms with van der Waals surface area (Å²) in [4.78, 5) is 4.13. The van der Waals surface area contributed by atoms with E-state index in [-0.39, 0.29) is 12.0 Å². The van der Waals surface area contributed by atoms with Crippen LogP contribution in [0.25, 0.3) is 0 Å². The molecule has 1 aromatic heterocycles. The van der Waals surface area contributed by atoms with E-state index in [0.717, 1.165) is 5.82 Å². The Kier molecular flexibility index (Phi) is 1.95. The normalized spacial score (nSPS) is 12.0. The molecular weight excluding hydrogens is 142 g/mol. The fraction of sp³-hybridized carbons (Fsp3) is 0.714. The van der Waals surface area contributed by atoms with Crippen molar-refractivity contribution in [1.29, 1.82) is 0 Å². The van der Waals surface area contributed by atoms with Crippen molar-refractivity contribution >= 4 is 0 Å². The van der Waals surface area contributed by atoms with E-state index < -0.39 is 0 Å². The number of aliphatic hydroxyl groups excluding tert-OH is 1. The van der Waals surface area contributed by atoms with Gasteiger partial charge in [0.25, 0.3) is 0 Å². The van der Waals surface area contributed by atoms with Crippen molar-refractivity contribution in [2.24, 2.45) is 0 Å². The van der Waals surface area contributed by atoms with E-state index >= 15 is 0 Å². The van der Waals surface area contributed by atoms with Gasteiger partial charge in [-0.15, -0.1) is 0 Å². The van der Waals surface area contributed by atoms with Crippen molar-refractivity contribution in [1.82, 2.24) is 15.2 Å². The number of H-pyrrole nitrogens is 1. The van der Waals surface area contributed by atoms with E-state index in [9.17, 15) is 0 Å². The third kappa shape index (κ3) is 1.57. The molecule has 11 heavy (non-hydrogen) atoms. The Balaban J connectivity index is 2.92. The van der Waals surface area contributed by atoms with Gasteiger partial charge in [-0.05, 0) is 6.92 Å². The van der Waals surface area contributed by atoms with Gasteiger partial charge in [0.15, 0.2) is 5.82 Å². The molecule has 0 aliphatic carbocycles. The van der Waals surface area contributed by atoms with E-state index in [2.05, 4.69) is 15.2 Å². The molecule has 0 atom stereocenters. The molecule has 0 saturated carbocycles. The average molecular weight is 155 g/mol. The maximum Gasteiger partial charge on any atom is 0.158 e. The largest absolute Gasteiger partial charge is 0.395 e. The maximum absolute atomic E-state index is 8.96. The minimum Gasteiger partial charge on any atom is -0.395 e. The molecule has 1 rings (SSSR count). The average Bonchev–Trinajstić information content (AvgIpc) is 2.36. The molecule has 4 heteroatoms.